The van der Waals surface area contributed by atoms with E-state index in [1.54, 1.807) is 66.7 Å². The van der Waals surface area contributed by atoms with E-state index in [2.05, 4.69) is 0 Å². The molecule has 0 bridgehead atoms. The van der Waals surface area contributed by atoms with Crippen molar-refractivity contribution in [3.05, 3.63) is 95.0 Å². The van der Waals surface area contributed by atoms with E-state index in [1.165, 1.54) is 4.90 Å². The third-order valence-corrected chi connectivity index (χ3v) is 4.94. The predicted molar refractivity (Wildman–Crippen MR) is 125 cm³/mol. The van der Waals surface area contributed by atoms with Crippen molar-refractivity contribution in [1.29, 1.82) is 0 Å². The maximum Gasteiger partial charge on any atom is 0.342 e. The van der Waals surface area contributed by atoms with Gasteiger partial charge in [-0.2, -0.15) is 0 Å². The maximum atomic E-state index is 12.8. The van der Waals surface area contributed by atoms with Gasteiger partial charge in [0.15, 0.2) is 6.61 Å². The Kier molecular flexibility index (Phi) is 8.43. The summed E-state index contributed by atoms with van der Waals surface area (Å²) < 4.78 is 11.0. The number of nitrogens with zero attached hydrogens (tertiary/aromatic N) is 1. The molecule has 170 valence electrons. The average Bonchev–Trinajstić information content (AvgIpc) is 2.83. The van der Waals surface area contributed by atoms with Gasteiger partial charge in [0.05, 0.1) is 0 Å². The summed E-state index contributed by atoms with van der Waals surface area (Å²) in [6, 6.07) is 22.6. The van der Waals surface area contributed by atoms with Crippen LogP contribution in [0.5, 0.6) is 5.75 Å². The molecule has 0 saturated heterocycles. The largest absolute Gasteiger partial charge is 0.488 e. The molecule has 0 unspecified atom stereocenters. The molecule has 3 rings (SSSR count). The van der Waals surface area contributed by atoms with Crippen molar-refractivity contribution in [3.8, 4) is 5.75 Å². The lowest BCUT2D eigenvalue weighted by Gasteiger charge is -2.22. The molecule has 3 aromatic rings. The summed E-state index contributed by atoms with van der Waals surface area (Å²) >= 11 is 5.90. The SMILES string of the molecule is NC(=O)CCN(C(=O)COC(=O)c1ccccc1OCc1ccc(Cl)cc1)c1ccccc1. The minimum Gasteiger partial charge on any atom is -0.488 e. The fourth-order valence-corrected chi connectivity index (χ4v) is 3.14. The van der Waals surface area contributed by atoms with Crippen molar-refractivity contribution in [1.82, 2.24) is 0 Å². The second kappa shape index (κ2) is 11.7. The van der Waals surface area contributed by atoms with Gasteiger partial charge < -0.3 is 20.1 Å². The number of primary amides is 1. The minimum absolute atomic E-state index is 0.0179. The summed E-state index contributed by atoms with van der Waals surface area (Å²) in [5.74, 6) is -1.38. The summed E-state index contributed by atoms with van der Waals surface area (Å²) in [5.41, 5.74) is 6.88. The van der Waals surface area contributed by atoms with Crippen LogP contribution in [0.1, 0.15) is 22.3 Å². The van der Waals surface area contributed by atoms with Crippen molar-refractivity contribution in [2.24, 2.45) is 5.73 Å². The van der Waals surface area contributed by atoms with E-state index < -0.39 is 24.4 Å². The van der Waals surface area contributed by atoms with Crippen molar-refractivity contribution in [3.63, 3.8) is 0 Å². The van der Waals surface area contributed by atoms with Gasteiger partial charge in [-0.15, -0.1) is 0 Å². The maximum absolute atomic E-state index is 12.8. The molecule has 3 aromatic carbocycles. The average molecular weight is 467 g/mol. The van der Waals surface area contributed by atoms with Gasteiger partial charge in [-0.3, -0.25) is 9.59 Å². The third-order valence-electron chi connectivity index (χ3n) is 4.69. The lowest BCUT2D eigenvalue weighted by atomic mass is 10.2. The zero-order valence-corrected chi connectivity index (χ0v) is 18.5. The van der Waals surface area contributed by atoms with E-state index >= 15 is 0 Å². The van der Waals surface area contributed by atoms with Crippen molar-refractivity contribution >= 4 is 35.1 Å². The first-order chi connectivity index (χ1) is 15.9. The molecule has 0 aliphatic rings. The molecule has 2 N–H and O–H groups in total. The summed E-state index contributed by atoms with van der Waals surface area (Å²) in [5, 5.41) is 0.618. The van der Waals surface area contributed by atoms with Crippen LogP contribution in [0.2, 0.25) is 5.02 Å². The van der Waals surface area contributed by atoms with Gasteiger partial charge in [-0.05, 0) is 42.0 Å². The summed E-state index contributed by atoms with van der Waals surface area (Å²) in [6.07, 6.45) is -0.0179. The highest BCUT2D eigenvalue weighted by atomic mass is 35.5. The van der Waals surface area contributed by atoms with Crippen LogP contribution in [0.4, 0.5) is 5.69 Å². The van der Waals surface area contributed by atoms with Crippen LogP contribution in [-0.2, 0) is 20.9 Å². The van der Waals surface area contributed by atoms with Crippen LogP contribution in [0, 0.1) is 0 Å². The van der Waals surface area contributed by atoms with E-state index in [-0.39, 0.29) is 25.1 Å². The fraction of sp³-hybridized carbons (Fsp3) is 0.160. The fourth-order valence-electron chi connectivity index (χ4n) is 3.01. The van der Waals surface area contributed by atoms with Crippen LogP contribution in [-0.4, -0.2) is 30.9 Å². The number of benzene rings is 3. The van der Waals surface area contributed by atoms with Gasteiger partial charge in [-0.25, -0.2) is 4.79 Å². The Balaban J connectivity index is 1.64. The van der Waals surface area contributed by atoms with Gasteiger partial charge in [-0.1, -0.05) is 54.1 Å². The van der Waals surface area contributed by atoms with Crippen molar-refractivity contribution in [2.75, 3.05) is 18.1 Å². The van der Waals surface area contributed by atoms with E-state index in [0.29, 0.717) is 16.5 Å². The summed E-state index contributed by atoms with van der Waals surface area (Å²) in [6.45, 7) is -0.191. The van der Waals surface area contributed by atoms with Crippen LogP contribution in [0.15, 0.2) is 78.9 Å². The molecule has 8 heteroatoms. The van der Waals surface area contributed by atoms with Gasteiger partial charge >= 0.3 is 5.97 Å². The molecule has 0 fully saturated rings. The molecule has 0 radical (unpaired) electrons. The van der Waals surface area contributed by atoms with Crippen molar-refractivity contribution < 1.29 is 23.9 Å². The topological polar surface area (TPSA) is 98.9 Å². The number of anilines is 1. The van der Waals surface area contributed by atoms with Crippen LogP contribution in [0.25, 0.3) is 0 Å². The number of para-hydroxylation sites is 2. The van der Waals surface area contributed by atoms with E-state index in [1.807, 2.05) is 12.1 Å². The predicted octanol–water partition coefficient (Wildman–Crippen LogP) is 3.98. The number of hydrogen-bond donors (Lipinski definition) is 1. The zero-order valence-electron chi connectivity index (χ0n) is 17.8. The number of nitrogens with two attached hydrogens (primary N) is 1. The molecular weight excluding hydrogens is 444 g/mol. The number of carbonyl (C=O) groups excluding carboxylic acids is 3. The van der Waals surface area contributed by atoms with Gasteiger partial charge in [0.2, 0.25) is 5.91 Å². The van der Waals surface area contributed by atoms with Crippen LogP contribution < -0.4 is 15.4 Å². The molecular formula is C25H23ClN2O5. The Morgan fingerprint density at radius 3 is 2.24 bits per heavy atom. The van der Waals surface area contributed by atoms with E-state index in [0.717, 1.165) is 5.56 Å². The summed E-state index contributed by atoms with van der Waals surface area (Å²) in [7, 11) is 0. The Hall–Kier alpha value is -3.84. The van der Waals surface area contributed by atoms with Gasteiger partial charge in [0, 0.05) is 23.7 Å². The van der Waals surface area contributed by atoms with E-state index in [9.17, 15) is 14.4 Å². The standard InChI is InChI=1S/C25H23ClN2O5/c26-19-12-10-18(11-13-19)16-32-22-9-5-4-8-21(22)25(31)33-17-24(30)28(15-14-23(27)29)20-6-2-1-3-7-20/h1-13H,14-17H2,(H2,27,29). The number of carbonyl (C=O) groups is 3. The second-order valence-electron chi connectivity index (χ2n) is 7.08. The van der Waals surface area contributed by atoms with Gasteiger partial charge in [0.25, 0.3) is 5.91 Å². The quantitative estimate of drug-likeness (QED) is 0.455. The molecule has 0 atom stereocenters. The normalized spacial score (nSPS) is 10.3. The highest BCUT2D eigenvalue weighted by molar-refractivity contribution is 6.30. The number of amides is 2. The van der Waals surface area contributed by atoms with Crippen molar-refractivity contribution in [2.45, 2.75) is 13.0 Å². The highest BCUT2D eigenvalue weighted by Gasteiger charge is 2.20. The molecule has 7 nitrogen and oxygen atoms in total. The number of halogens is 1. The Morgan fingerprint density at radius 2 is 1.55 bits per heavy atom. The smallest absolute Gasteiger partial charge is 0.342 e. The lowest BCUT2D eigenvalue weighted by Crippen LogP contribution is -2.37. The molecule has 0 spiro atoms. The number of esters is 1. The highest BCUT2D eigenvalue weighted by Crippen LogP contribution is 2.21. The zero-order chi connectivity index (χ0) is 23.6. The van der Waals surface area contributed by atoms with E-state index in [4.69, 9.17) is 26.8 Å². The van der Waals surface area contributed by atoms with Crippen LogP contribution in [0.3, 0.4) is 0 Å². The first-order valence-corrected chi connectivity index (χ1v) is 10.6. The Morgan fingerprint density at radius 1 is 0.879 bits per heavy atom. The second-order valence-corrected chi connectivity index (χ2v) is 7.52. The number of ether oxygens (including phenoxy) is 2. The number of rotatable bonds is 10. The summed E-state index contributed by atoms with van der Waals surface area (Å²) in [4.78, 5) is 38.0. The molecule has 0 heterocycles. The Labute approximate surface area is 196 Å². The molecule has 33 heavy (non-hydrogen) atoms. The third kappa shape index (κ3) is 7.08. The van der Waals surface area contributed by atoms with Crippen LogP contribution >= 0.6 is 11.6 Å². The minimum atomic E-state index is -0.696. The number of hydrogen-bond acceptors (Lipinski definition) is 5. The molecule has 0 aliphatic heterocycles. The first-order valence-electron chi connectivity index (χ1n) is 10.2. The molecule has 0 aliphatic carbocycles. The first kappa shape index (κ1) is 23.8. The molecule has 0 saturated carbocycles. The molecule has 0 aromatic heterocycles. The monoisotopic (exact) mass is 466 g/mol. The lowest BCUT2D eigenvalue weighted by molar-refractivity contribution is -0.121. The molecule has 2 amide bonds. The van der Waals surface area contributed by atoms with Gasteiger partial charge in [0.1, 0.15) is 17.9 Å². The Bertz CT molecular complexity index is 1100.